The highest BCUT2D eigenvalue weighted by Gasteiger charge is 2.15. The van der Waals surface area contributed by atoms with E-state index in [1.807, 2.05) is 30.3 Å². The number of tetrazole rings is 1. The maximum absolute atomic E-state index is 11.8. The molecule has 0 fully saturated rings. The summed E-state index contributed by atoms with van der Waals surface area (Å²) < 4.78 is 11.2. The first-order valence-electron chi connectivity index (χ1n) is 6.79. The summed E-state index contributed by atoms with van der Waals surface area (Å²) in [7, 11) is 0. The van der Waals surface area contributed by atoms with Crippen molar-refractivity contribution < 1.29 is 19.1 Å². The van der Waals surface area contributed by atoms with E-state index in [9.17, 15) is 9.59 Å². The molecule has 0 aliphatic carbocycles. The summed E-state index contributed by atoms with van der Waals surface area (Å²) in [4.78, 5) is 23.2. The second-order valence-electron chi connectivity index (χ2n) is 4.38. The van der Waals surface area contributed by atoms with E-state index in [4.69, 9.17) is 9.47 Å². The highest BCUT2D eigenvalue weighted by Crippen LogP contribution is 2.02. The van der Waals surface area contributed by atoms with Crippen LogP contribution in [-0.4, -0.2) is 38.8 Å². The first-order chi connectivity index (χ1) is 10.7. The number of aromatic nitrogens is 4. The zero-order chi connectivity index (χ0) is 15.8. The highest BCUT2D eigenvalue weighted by atomic mass is 16.5. The molecule has 8 nitrogen and oxygen atoms in total. The third-order valence-corrected chi connectivity index (χ3v) is 2.74. The Kier molecular flexibility index (Phi) is 5.58. The minimum atomic E-state index is -0.485. The van der Waals surface area contributed by atoms with Crippen LogP contribution in [-0.2, 0) is 38.6 Å². The van der Waals surface area contributed by atoms with Crippen LogP contribution in [0.25, 0.3) is 0 Å². The third-order valence-electron chi connectivity index (χ3n) is 2.74. The lowest BCUT2D eigenvalue weighted by Crippen LogP contribution is -2.19. The molecule has 8 heteroatoms. The van der Waals surface area contributed by atoms with Crippen LogP contribution in [0.3, 0.4) is 0 Å². The maximum atomic E-state index is 11.8. The molecule has 1 aromatic carbocycles. The van der Waals surface area contributed by atoms with Gasteiger partial charge in [0.1, 0.15) is 19.6 Å². The fourth-order valence-corrected chi connectivity index (χ4v) is 1.72. The van der Waals surface area contributed by atoms with E-state index in [1.54, 1.807) is 6.92 Å². The van der Waals surface area contributed by atoms with Gasteiger partial charge in [-0.1, -0.05) is 30.3 Å². The summed E-state index contributed by atoms with van der Waals surface area (Å²) >= 11 is 0. The Morgan fingerprint density at radius 1 is 1.14 bits per heavy atom. The minimum Gasteiger partial charge on any atom is -0.466 e. The number of ether oxygens (including phenoxy) is 2. The molecule has 0 N–H and O–H groups in total. The van der Waals surface area contributed by atoms with Crippen LogP contribution >= 0.6 is 0 Å². The predicted octanol–water partition coefficient (Wildman–Crippen LogP) is 0.522. The van der Waals surface area contributed by atoms with Crippen LogP contribution < -0.4 is 0 Å². The Balaban J connectivity index is 1.86. The Hall–Kier alpha value is -2.77. The SMILES string of the molecule is CCOC(=O)Cc1nnnn1CC(=O)OCc1ccccc1. The van der Waals surface area contributed by atoms with Gasteiger partial charge in [0.2, 0.25) is 0 Å². The van der Waals surface area contributed by atoms with Gasteiger partial charge >= 0.3 is 11.9 Å². The number of hydrogen-bond acceptors (Lipinski definition) is 7. The van der Waals surface area contributed by atoms with Gasteiger partial charge in [-0.3, -0.25) is 9.59 Å². The van der Waals surface area contributed by atoms with Crippen molar-refractivity contribution in [2.75, 3.05) is 6.61 Å². The van der Waals surface area contributed by atoms with Crippen LogP contribution in [0.1, 0.15) is 18.3 Å². The number of hydrogen-bond donors (Lipinski definition) is 0. The van der Waals surface area contributed by atoms with E-state index < -0.39 is 11.9 Å². The van der Waals surface area contributed by atoms with E-state index in [0.717, 1.165) is 5.56 Å². The fourth-order valence-electron chi connectivity index (χ4n) is 1.72. The zero-order valence-electron chi connectivity index (χ0n) is 12.1. The molecular formula is C14H16N4O4. The van der Waals surface area contributed by atoms with Gasteiger partial charge in [-0.15, -0.1) is 5.10 Å². The van der Waals surface area contributed by atoms with Crippen molar-refractivity contribution in [3.8, 4) is 0 Å². The van der Waals surface area contributed by atoms with Crippen LogP contribution in [0.2, 0.25) is 0 Å². The predicted molar refractivity (Wildman–Crippen MR) is 74.4 cm³/mol. The normalized spacial score (nSPS) is 10.2. The molecule has 0 saturated heterocycles. The van der Waals surface area contributed by atoms with Crippen molar-refractivity contribution in [2.24, 2.45) is 0 Å². The number of carbonyl (C=O) groups excluding carboxylic acids is 2. The van der Waals surface area contributed by atoms with Gasteiger partial charge in [0.05, 0.1) is 6.61 Å². The molecule has 2 rings (SSSR count). The first-order valence-corrected chi connectivity index (χ1v) is 6.79. The first kappa shape index (κ1) is 15.6. The molecule has 22 heavy (non-hydrogen) atoms. The van der Waals surface area contributed by atoms with Gasteiger partial charge in [-0.25, -0.2) is 4.68 Å². The molecule has 1 aromatic heterocycles. The lowest BCUT2D eigenvalue weighted by atomic mass is 10.2. The molecule has 116 valence electrons. The second-order valence-corrected chi connectivity index (χ2v) is 4.38. The van der Waals surface area contributed by atoms with Crippen molar-refractivity contribution in [3.05, 3.63) is 41.7 Å². The molecular weight excluding hydrogens is 288 g/mol. The number of rotatable bonds is 7. The summed E-state index contributed by atoms with van der Waals surface area (Å²) in [5.74, 6) is -0.674. The van der Waals surface area contributed by atoms with Crippen molar-refractivity contribution >= 4 is 11.9 Å². The van der Waals surface area contributed by atoms with Crippen molar-refractivity contribution in [3.63, 3.8) is 0 Å². The van der Waals surface area contributed by atoms with Gasteiger partial charge in [0, 0.05) is 0 Å². The standard InChI is InChI=1S/C14H16N4O4/c1-2-21-13(19)8-12-15-16-17-18(12)9-14(20)22-10-11-6-4-3-5-7-11/h3-7H,2,8-10H2,1H3. The van der Waals surface area contributed by atoms with Crippen LogP contribution in [0.15, 0.2) is 30.3 Å². The lowest BCUT2D eigenvalue weighted by molar-refractivity contribution is -0.146. The van der Waals surface area contributed by atoms with E-state index in [-0.39, 0.29) is 32.0 Å². The van der Waals surface area contributed by atoms with Crippen LogP contribution in [0.5, 0.6) is 0 Å². The molecule has 0 atom stereocenters. The number of carbonyl (C=O) groups is 2. The Morgan fingerprint density at radius 3 is 2.64 bits per heavy atom. The van der Waals surface area contributed by atoms with E-state index in [0.29, 0.717) is 0 Å². The summed E-state index contributed by atoms with van der Waals surface area (Å²) in [5, 5.41) is 10.8. The average Bonchev–Trinajstić information content (AvgIpc) is 2.93. The van der Waals surface area contributed by atoms with Gasteiger partial charge in [0.25, 0.3) is 0 Å². The minimum absolute atomic E-state index is 0.0905. The van der Waals surface area contributed by atoms with Gasteiger partial charge in [-0.2, -0.15) is 0 Å². The van der Waals surface area contributed by atoms with Crippen LogP contribution in [0.4, 0.5) is 0 Å². The second kappa shape index (κ2) is 7.87. The summed E-state index contributed by atoms with van der Waals surface area (Å²) in [5.41, 5.74) is 0.888. The summed E-state index contributed by atoms with van der Waals surface area (Å²) in [6.45, 7) is 2.00. The molecule has 0 aliphatic rings. The topological polar surface area (TPSA) is 96.2 Å². The Morgan fingerprint density at radius 2 is 1.91 bits per heavy atom. The maximum Gasteiger partial charge on any atom is 0.328 e. The molecule has 0 spiro atoms. The molecule has 0 aliphatic heterocycles. The van der Waals surface area contributed by atoms with E-state index in [1.165, 1.54) is 4.68 Å². The molecule has 0 unspecified atom stereocenters. The Labute approximate surface area is 127 Å². The Bertz CT molecular complexity index is 627. The van der Waals surface area contributed by atoms with E-state index in [2.05, 4.69) is 15.5 Å². The molecule has 0 radical (unpaired) electrons. The number of nitrogens with zero attached hydrogens (tertiary/aromatic N) is 4. The smallest absolute Gasteiger partial charge is 0.328 e. The average molecular weight is 304 g/mol. The molecule has 0 bridgehead atoms. The van der Waals surface area contributed by atoms with Gasteiger partial charge < -0.3 is 9.47 Å². The van der Waals surface area contributed by atoms with E-state index >= 15 is 0 Å². The fraction of sp³-hybridized carbons (Fsp3) is 0.357. The van der Waals surface area contributed by atoms with Crippen molar-refractivity contribution in [2.45, 2.75) is 26.5 Å². The van der Waals surface area contributed by atoms with Crippen molar-refractivity contribution in [1.29, 1.82) is 0 Å². The lowest BCUT2D eigenvalue weighted by Gasteiger charge is -2.06. The molecule has 0 saturated carbocycles. The van der Waals surface area contributed by atoms with Gasteiger partial charge in [-0.05, 0) is 22.9 Å². The molecule has 1 heterocycles. The van der Waals surface area contributed by atoms with Crippen molar-refractivity contribution in [1.82, 2.24) is 20.2 Å². The number of esters is 2. The summed E-state index contributed by atoms with van der Waals surface area (Å²) in [6.07, 6.45) is -0.0905. The molecule has 2 aromatic rings. The number of benzene rings is 1. The highest BCUT2D eigenvalue weighted by molar-refractivity contribution is 5.72. The third kappa shape index (κ3) is 4.65. The quantitative estimate of drug-likeness (QED) is 0.688. The monoisotopic (exact) mass is 304 g/mol. The van der Waals surface area contributed by atoms with Crippen LogP contribution in [0, 0.1) is 0 Å². The van der Waals surface area contributed by atoms with Gasteiger partial charge in [0.15, 0.2) is 5.82 Å². The largest absolute Gasteiger partial charge is 0.466 e. The zero-order valence-corrected chi connectivity index (χ0v) is 12.1. The molecule has 0 amide bonds. The summed E-state index contributed by atoms with van der Waals surface area (Å²) in [6, 6.07) is 9.32.